The van der Waals surface area contributed by atoms with Crippen LogP contribution in [-0.2, 0) is 22.4 Å². The number of benzene rings is 1. The van der Waals surface area contributed by atoms with E-state index in [9.17, 15) is 9.18 Å². The van der Waals surface area contributed by atoms with Crippen LogP contribution in [0.4, 0.5) is 4.39 Å². The van der Waals surface area contributed by atoms with E-state index in [1.165, 1.54) is 25.4 Å². The molecule has 6 nitrogen and oxygen atoms in total. The third kappa shape index (κ3) is 3.72. The molecule has 1 aromatic carbocycles. The maximum Gasteiger partial charge on any atom is 0.338 e. The zero-order chi connectivity index (χ0) is 18.5. The standard InChI is InChI=1S/C19H20FN3O3/c1-25-9-3-8-23-18-5-4-14(20)11-16(18)17(22-23)10-13-12-21-7-6-15(13)19(24)26-2/h4-7,11-12H,3,8-10H2,1-2H3. The Morgan fingerprint density at radius 3 is 2.88 bits per heavy atom. The molecule has 0 amide bonds. The molecule has 3 aromatic rings. The van der Waals surface area contributed by atoms with Crippen LogP contribution in [0.25, 0.3) is 10.9 Å². The van der Waals surface area contributed by atoms with Crippen LogP contribution in [-0.4, -0.2) is 41.6 Å². The molecular formula is C19H20FN3O3. The summed E-state index contributed by atoms with van der Waals surface area (Å²) in [4.78, 5) is 16.1. The number of ether oxygens (including phenoxy) is 2. The first-order chi connectivity index (χ1) is 12.6. The number of hydrogen-bond acceptors (Lipinski definition) is 5. The van der Waals surface area contributed by atoms with Crippen LogP contribution in [0.15, 0.2) is 36.7 Å². The molecule has 136 valence electrons. The Hall–Kier alpha value is -2.80. The lowest BCUT2D eigenvalue weighted by Crippen LogP contribution is -2.07. The van der Waals surface area contributed by atoms with E-state index in [0.717, 1.165) is 17.3 Å². The summed E-state index contributed by atoms with van der Waals surface area (Å²) in [7, 11) is 2.99. The molecule has 0 fully saturated rings. The smallest absolute Gasteiger partial charge is 0.338 e. The topological polar surface area (TPSA) is 66.2 Å². The molecule has 0 spiro atoms. The van der Waals surface area contributed by atoms with Crippen LogP contribution in [0, 0.1) is 5.82 Å². The van der Waals surface area contributed by atoms with Gasteiger partial charge in [0.2, 0.25) is 0 Å². The molecule has 0 bridgehead atoms. The molecule has 0 aliphatic heterocycles. The summed E-state index contributed by atoms with van der Waals surface area (Å²) in [5, 5.41) is 5.36. The van der Waals surface area contributed by atoms with E-state index in [1.54, 1.807) is 25.4 Å². The van der Waals surface area contributed by atoms with Crippen molar-refractivity contribution in [3.05, 3.63) is 59.3 Å². The van der Waals surface area contributed by atoms with E-state index in [0.29, 0.717) is 36.4 Å². The summed E-state index contributed by atoms with van der Waals surface area (Å²) in [5.41, 5.74) is 2.66. The Kier molecular flexibility index (Phi) is 5.58. The number of aromatic nitrogens is 3. The van der Waals surface area contributed by atoms with E-state index >= 15 is 0 Å². The van der Waals surface area contributed by atoms with Crippen LogP contribution in [0.3, 0.4) is 0 Å². The van der Waals surface area contributed by atoms with Crippen molar-refractivity contribution < 1.29 is 18.7 Å². The van der Waals surface area contributed by atoms with Crippen molar-refractivity contribution in [1.82, 2.24) is 14.8 Å². The predicted molar refractivity (Wildman–Crippen MR) is 94.6 cm³/mol. The number of esters is 1. The lowest BCUT2D eigenvalue weighted by atomic mass is 10.0. The zero-order valence-corrected chi connectivity index (χ0v) is 14.7. The molecule has 0 saturated heterocycles. The van der Waals surface area contributed by atoms with Crippen LogP contribution in [0.2, 0.25) is 0 Å². The van der Waals surface area contributed by atoms with Gasteiger partial charge in [0, 0.05) is 44.5 Å². The van der Waals surface area contributed by atoms with Gasteiger partial charge >= 0.3 is 5.97 Å². The van der Waals surface area contributed by atoms with E-state index < -0.39 is 5.97 Å². The first-order valence-corrected chi connectivity index (χ1v) is 8.29. The van der Waals surface area contributed by atoms with Gasteiger partial charge in [-0.3, -0.25) is 9.67 Å². The Labute approximate surface area is 150 Å². The lowest BCUT2D eigenvalue weighted by molar-refractivity contribution is 0.0599. The summed E-state index contributed by atoms with van der Waals surface area (Å²) < 4.78 is 25.6. The van der Waals surface area contributed by atoms with Gasteiger partial charge in [-0.15, -0.1) is 0 Å². The van der Waals surface area contributed by atoms with E-state index in [2.05, 4.69) is 10.1 Å². The molecular weight excluding hydrogens is 337 g/mol. The minimum absolute atomic E-state index is 0.324. The second kappa shape index (κ2) is 8.05. The molecule has 0 aliphatic carbocycles. The summed E-state index contributed by atoms with van der Waals surface area (Å²) >= 11 is 0. The maximum absolute atomic E-state index is 13.8. The van der Waals surface area contributed by atoms with Crippen molar-refractivity contribution in [3.63, 3.8) is 0 Å². The minimum Gasteiger partial charge on any atom is -0.465 e. The first kappa shape index (κ1) is 18.0. The average molecular weight is 357 g/mol. The van der Waals surface area contributed by atoms with Crippen LogP contribution in [0.5, 0.6) is 0 Å². The Bertz CT molecular complexity index is 924. The number of nitrogens with zero attached hydrogens (tertiary/aromatic N) is 3. The molecule has 3 rings (SSSR count). The lowest BCUT2D eigenvalue weighted by Gasteiger charge is -2.06. The first-order valence-electron chi connectivity index (χ1n) is 8.29. The summed E-state index contributed by atoms with van der Waals surface area (Å²) in [6.07, 6.45) is 4.30. The van der Waals surface area contributed by atoms with Gasteiger partial charge in [-0.2, -0.15) is 5.10 Å². The Morgan fingerprint density at radius 2 is 2.12 bits per heavy atom. The zero-order valence-electron chi connectivity index (χ0n) is 14.7. The van der Waals surface area contributed by atoms with Crippen molar-refractivity contribution in [2.75, 3.05) is 20.8 Å². The average Bonchev–Trinajstić information content (AvgIpc) is 2.98. The van der Waals surface area contributed by atoms with Gasteiger partial charge in [0.1, 0.15) is 5.82 Å². The fourth-order valence-electron chi connectivity index (χ4n) is 2.94. The molecule has 0 saturated carbocycles. The highest BCUT2D eigenvalue weighted by Crippen LogP contribution is 2.24. The quantitative estimate of drug-likeness (QED) is 0.480. The van der Waals surface area contributed by atoms with Crippen molar-refractivity contribution in [2.24, 2.45) is 0 Å². The van der Waals surface area contributed by atoms with Crippen molar-refractivity contribution in [1.29, 1.82) is 0 Å². The Balaban J connectivity index is 2.00. The summed E-state index contributed by atoms with van der Waals surface area (Å²) in [6.45, 7) is 1.28. The molecule has 0 N–H and O–H groups in total. The van der Waals surface area contributed by atoms with E-state index in [1.807, 2.05) is 4.68 Å². The monoisotopic (exact) mass is 357 g/mol. The van der Waals surface area contributed by atoms with Gasteiger partial charge in [0.15, 0.2) is 0 Å². The molecule has 2 heterocycles. The number of methoxy groups -OCH3 is 2. The van der Waals surface area contributed by atoms with Crippen molar-refractivity contribution in [3.8, 4) is 0 Å². The number of carbonyl (C=O) groups excluding carboxylic acids is 1. The van der Waals surface area contributed by atoms with Crippen molar-refractivity contribution >= 4 is 16.9 Å². The van der Waals surface area contributed by atoms with Crippen LogP contribution >= 0.6 is 0 Å². The highest BCUT2D eigenvalue weighted by Gasteiger charge is 2.17. The molecule has 26 heavy (non-hydrogen) atoms. The largest absolute Gasteiger partial charge is 0.465 e. The molecule has 0 unspecified atom stereocenters. The van der Waals surface area contributed by atoms with Gasteiger partial charge in [0.05, 0.1) is 23.9 Å². The SMILES string of the molecule is COCCCn1nc(Cc2cnccc2C(=O)OC)c2cc(F)ccc21. The van der Waals surface area contributed by atoms with Crippen molar-refractivity contribution in [2.45, 2.75) is 19.4 Å². The third-order valence-electron chi connectivity index (χ3n) is 4.17. The van der Waals surface area contributed by atoms with Crippen LogP contribution in [0.1, 0.15) is 28.0 Å². The van der Waals surface area contributed by atoms with Gasteiger partial charge in [-0.05, 0) is 36.2 Å². The molecule has 0 radical (unpaired) electrons. The number of pyridine rings is 1. The van der Waals surface area contributed by atoms with Gasteiger partial charge in [0.25, 0.3) is 0 Å². The number of carbonyl (C=O) groups is 1. The molecule has 7 heteroatoms. The van der Waals surface area contributed by atoms with Gasteiger partial charge in [-0.1, -0.05) is 0 Å². The van der Waals surface area contributed by atoms with Gasteiger partial charge < -0.3 is 9.47 Å². The highest BCUT2D eigenvalue weighted by atomic mass is 19.1. The minimum atomic E-state index is -0.433. The number of hydrogen-bond donors (Lipinski definition) is 0. The Morgan fingerprint density at radius 1 is 1.27 bits per heavy atom. The highest BCUT2D eigenvalue weighted by molar-refractivity contribution is 5.91. The number of fused-ring (bicyclic) bond motifs is 1. The second-order valence-corrected chi connectivity index (χ2v) is 5.88. The summed E-state index contributed by atoms with van der Waals surface area (Å²) in [6, 6.07) is 6.22. The van der Waals surface area contributed by atoms with Crippen LogP contribution < -0.4 is 0 Å². The number of halogens is 1. The molecule has 0 atom stereocenters. The van der Waals surface area contributed by atoms with E-state index in [-0.39, 0.29) is 5.82 Å². The van der Waals surface area contributed by atoms with E-state index in [4.69, 9.17) is 9.47 Å². The molecule has 2 aromatic heterocycles. The summed E-state index contributed by atoms with van der Waals surface area (Å²) in [5.74, 6) is -0.757. The van der Waals surface area contributed by atoms with Gasteiger partial charge in [-0.25, -0.2) is 9.18 Å². The fraction of sp³-hybridized carbons (Fsp3) is 0.316. The third-order valence-corrected chi connectivity index (χ3v) is 4.17. The maximum atomic E-state index is 13.8. The second-order valence-electron chi connectivity index (χ2n) is 5.88. The predicted octanol–water partition coefficient (Wildman–Crippen LogP) is 2.98. The fourth-order valence-corrected chi connectivity index (χ4v) is 2.94. The molecule has 0 aliphatic rings. The number of rotatable bonds is 7. The normalized spacial score (nSPS) is 11.0. The number of aryl methyl sites for hydroxylation is 1.